The minimum atomic E-state index is -1.40. The smallest absolute Gasteiger partial charge is 0.329 e. The summed E-state index contributed by atoms with van der Waals surface area (Å²) in [7, 11) is 1.51. The summed E-state index contributed by atoms with van der Waals surface area (Å²) in [6.45, 7) is 1.64. The molecule has 2 rings (SSSR count). The number of ether oxygens (including phenoxy) is 2. The summed E-state index contributed by atoms with van der Waals surface area (Å²) >= 11 is 6.07. The summed E-state index contributed by atoms with van der Waals surface area (Å²) in [6.07, 6.45) is 1.59. The van der Waals surface area contributed by atoms with Crippen LogP contribution in [-0.2, 0) is 9.59 Å². The standard InChI is InChI=1S/C16H17NO6S2/c1-3-23-11-5-4-9(6-12(11)22-2)7-13-14(19)17(16(24)25-13)10(8-18)15(20)21/h4-7,10,18H,3,8H2,1-2H3,(H,20,21)/b13-7-/t10-/m1/s1. The quantitative estimate of drug-likeness (QED) is 0.543. The van der Waals surface area contributed by atoms with E-state index < -0.39 is 24.5 Å². The van der Waals surface area contributed by atoms with E-state index in [-0.39, 0.29) is 9.23 Å². The Morgan fingerprint density at radius 3 is 2.72 bits per heavy atom. The Labute approximate surface area is 154 Å². The molecule has 7 nitrogen and oxygen atoms in total. The van der Waals surface area contributed by atoms with Crippen molar-refractivity contribution < 1.29 is 29.3 Å². The number of hydrogen-bond donors (Lipinski definition) is 2. The number of thioether (sulfide) groups is 1. The van der Waals surface area contributed by atoms with Gasteiger partial charge in [0.05, 0.1) is 25.2 Å². The second-order valence-electron chi connectivity index (χ2n) is 4.93. The fourth-order valence-corrected chi connectivity index (χ4v) is 3.58. The summed E-state index contributed by atoms with van der Waals surface area (Å²) in [6, 6.07) is 3.79. The molecule has 0 saturated carbocycles. The lowest BCUT2D eigenvalue weighted by Crippen LogP contribution is -2.46. The maximum Gasteiger partial charge on any atom is 0.329 e. The average molecular weight is 383 g/mol. The number of carboxylic acids is 1. The lowest BCUT2D eigenvalue weighted by atomic mass is 10.1. The SMILES string of the molecule is CCOc1ccc(/C=C2\SC(=S)N([C@H](CO)C(=O)O)C2=O)cc1OC. The van der Waals surface area contributed by atoms with Crippen LogP contribution in [0.2, 0.25) is 0 Å². The van der Waals surface area contributed by atoms with Crippen LogP contribution in [0.3, 0.4) is 0 Å². The molecule has 1 aromatic carbocycles. The number of benzene rings is 1. The number of nitrogens with zero attached hydrogens (tertiary/aromatic N) is 1. The number of carbonyl (C=O) groups is 2. The number of hydrogen-bond acceptors (Lipinski definition) is 7. The first-order valence-electron chi connectivity index (χ1n) is 7.34. The van der Waals surface area contributed by atoms with Crippen molar-refractivity contribution in [1.82, 2.24) is 4.90 Å². The van der Waals surface area contributed by atoms with Crippen molar-refractivity contribution in [2.24, 2.45) is 0 Å². The van der Waals surface area contributed by atoms with Crippen molar-refractivity contribution >= 4 is 46.3 Å². The van der Waals surface area contributed by atoms with Crippen LogP contribution in [0.25, 0.3) is 6.08 Å². The zero-order valence-electron chi connectivity index (χ0n) is 13.6. The number of carbonyl (C=O) groups excluding carboxylic acids is 1. The number of amides is 1. The molecule has 1 atom stereocenters. The van der Waals surface area contributed by atoms with Crippen molar-refractivity contribution in [2.45, 2.75) is 13.0 Å². The van der Waals surface area contributed by atoms with Gasteiger partial charge in [-0.2, -0.15) is 0 Å². The Morgan fingerprint density at radius 2 is 2.16 bits per heavy atom. The first-order chi connectivity index (χ1) is 11.9. The van der Waals surface area contributed by atoms with Crippen molar-refractivity contribution in [2.75, 3.05) is 20.3 Å². The highest BCUT2D eigenvalue weighted by molar-refractivity contribution is 8.26. The molecule has 1 aliphatic heterocycles. The number of thiocarbonyl (C=S) groups is 1. The van der Waals surface area contributed by atoms with Gasteiger partial charge in [-0.15, -0.1) is 0 Å². The maximum absolute atomic E-state index is 12.5. The lowest BCUT2D eigenvalue weighted by Gasteiger charge is -2.20. The molecule has 1 fully saturated rings. The average Bonchev–Trinajstić information content (AvgIpc) is 2.84. The third-order valence-electron chi connectivity index (χ3n) is 3.38. The van der Waals surface area contributed by atoms with Gasteiger partial charge in [-0.25, -0.2) is 4.79 Å². The molecular weight excluding hydrogens is 366 g/mol. The van der Waals surface area contributed by atoms with Crippen LogP contribution in [0.15, 0.2) is 23.1 Å². The predicted octanol–water partition coefficient (Wildman–Crippen LogP) is 1.74. The largest absolute Gasteiger partial charge is 0.493 e. The zero-order chi connectivity index (χ0) is 18.6. The van der Waals surface area contributed by atoms with Gasteiger partial charge in [0.15, 0.2) is 17.5 Å². The van der Waals surface area contributed by atoms with Crippen LogP contribution in [0, 0.1) is 0 Å². The molecule has 134 valence electrons. The Bertz CT molecular complexity index is 733. The van der Waals surface area contributed by atoms with E-state index in [1.54, 1.807) is 24.3 Å². The fraction of sp³-hybridized carbons (Fsp3) is 0.312. The number of aliphatic hydroxyl groups excluding tert-OH is 1. The van der Waals surface area contributed by atoms with Crippen LogP contribution in [0.1, 0.15) is 12.5 Å². The van der Waals surface area contributed by atoms with Crippen molar-refractivity contribution in [3.05, 3.63) is 28.7 Å². The van der Waals surface area contributed by atoms with Crippen LogP contribution in [-0.4, -0.2) is 57.7 Å². The third-order valence-corrected chi connectivity index (χ3v) is 4.71. The second kappa shape index (κ2) is 8.32. The summed E-state index contributed by atoms with van der Waals surface area (Å²) in [5.74, 6) is -0.766. The van der Waals surface area contributed by atoms with E-state index in [0.717, 1.165) is 16.7 Å². The number of aliphatic hydroxyl groups is 1. The molecule has 0 aliphatic carbocycles. The topological polar surface area (TPSA) is 96.3 Å². The van der Waals surface area contributed by atoms with Crippen LogP contribution in [0.5, 0.6) is 11.5 Å². The van der Waals surface area contributed by atoms with Crippen molar-refractivity contribution in [3.8, 4) is 11.5 Å². The van der Waals surface area contributed by atoms with Crippen molar-refractivity contribution in [3.63, 3.8) is 0 Å². The van der Waals surface area contributed by atoms with Crippen LogP contribution < -0.4 is 9.47 Å². The summed E-state index contributed by atoms with van der Waals surface area (Å²) in [5, 5.41) is 18.3. The molecule has 1 saturated heterocycles. The van der Waals surface area contributed by atoms with E-state index >= 15 is 0 Å². The van der Waals surface area contributed by atoms with E-state index in [4.69, 9.17) is 26.8 Å². The molecule has 0 aromatic heterocycles. The predicted molar refractivity (Wildman–Crippen MR) is 97.7 cm³/mol. The molecular formula is C16H17NO6S2. The molecule has 2 N–H and O–H groups in total. The van der Waals surface area contributed by atoms with E-state index in [1.165, 1.54) is 7.11 Å². The first-order valence-corrected chi connectivity index (χ1v) is 8.57. The Balaban J connectivity index is 2.31. The summed E-state index contributed by atoms with van der Waals surface area (Å²) in [4.78, 5) is 24.8. The van der Waals surface area contributed by atoms with Gasteiger partial charge in [-0.05, 0) is 30.7 Å². The number of methoxy groups -OCH3 is 1. The van der Waals surface area contributed by atoms with E-state index in [9.17, 15) is 14.7 Å². The highest BCUT2D eigenvalue weighted by Gasteiger charge is 2.40. The van der Waals surface area contributed by atoms with Gasteiger partial charge in [0.1, 0.15) is 4.32 Å². The molecule has 1 heterocycles. The van der Waals surface area contributed by atoms with E-state index in [0.29, 0.717) is 23.7 Å². The summed E-state index contributed by atoms with van der Waals surface area (Å²) in [5.41, 5.74) is 0.677. The van der Waals surface area contributed by atoms with E-state index in [2.05, 4.69) is 0 Å². The van der Waals surface area contributed by atoms with E-state index in [1.807, 2.05) is 6.92 Å². The Morgan fingerprint density at radius 1 is 1.44 bits per heavy atom. The second-order valence-corrected chi connectivity index (χ2v) is 6.61. The van der Waals surface area contributed by atoms with Gasteiger partial charge in [0, 0.05) is 0 Å². The first kappa shape index (κ1) is 19.2. The molecule has 0 radical (unpaired) electrons. The highest BCUT2D eigenvalue weighted by atomic mass is 32.2. The van der Waals surface area contributed by atoms with Gasteiger partial charge < -0.3 is 19.7 Å². The minimum absolute atomic E-state index is 0.0931. The van der Waals surface area contributed by atoms with Crippen LogP contribution in [0.4, 0.5) is 0 Å². The molecule has 0 unspecified atom stereocenters. The normalized spacial score (nSPS) is 17.1. The van der Waals surface area contributed by atoms with Gasteiger partial charge in [0.25, 0.3) is 5.91 Å². The minimum Gasteiger partial charge on any atom is -0.493 e. The van der Waals surface area contributed by atoms with Crippen LogP contribution >= 0.6 is 24.0 Å². The van der Waals surface area contributed by atoms with Gasteiger partial charge in [0.2, 0.25) is 0 Å². The molecule has 0 spiro atoms. The van der Waals surface area contributed by atoms with Gasteiger partial charge >= 0.3 is 5.97 Å². The molecule has 1 aliphatic rings. The number of rotatable bonds is 7. The van der Waals surface area contributed by atoms with Gasteiger partial charge in [-0.1, -0.05) is 30.0 Å². The number of aliphatic carboxylic acids is 1. The summed E-state index contributed by atoms with van der Waals surface area (Å²) < 4.78 is 10.8. The zero-order valence-corrected chi connectivity index (χ0v) is 15.2. The molecule has 0 bridgehead atoms. The molecule has 1 amide bonds. The fourth-order valence-electron chi connectivity index (χ4n) is 2.22. The number of carboxylic acid groups (broad SMARTS) is 1. The third kappa shape index (κ3) is 4.12. The molecule has 9 heteroatoms. The monoisotopic (exact) mass is 383 g/mol. The maximum atomic E-state index is 12.5. The molecule has 1 aromatic rings. The van der Waals surface area contributed by atoms with Crippen molar-refractivity contribution in [1.29, 1.82) is 0 Å². The highest BCUT2D eigenvalue weighted by Crippen LogP contribution is 2.35. The lowest BCUT2D eigenvalue weighted by molar-refractivity contribution is -0.146. The Hall–Kier alpha value is -2.10. The molecule has 25 heavy (non-hydrogen) atoms. The Kier molecular flexibility index (Phi) is 6.40. The van der Waals surface area contributed by atoms with Gasteiger partial charge in [-0.3, -0.25) is 9.69 Å².